The third-order valence-corrected chi connectivity index (χ3v) is 6.64. The summed E-state index contributed by atoms with van der Waals surface area (Å²) in [6.45, 7) is 5.62. The number of amides is 1. The number of aliphatic hydroxyl groups is 1. The largest absolute Gasteiger partial charge is 0.491 e. The number of hydrogen-bond acceptors (Lipinski definition) is 6. The highest BCUT2D eigenvalue weighted by Gasteiger charge is 2.33. The summed E-state index contributed by atoms with van der Waals surface area (Å²) in [5.41, 5.74) is 1.10. The van der Waals surface area contributed by atoms with Gasteiger partial charge in [-0.2, -0.15) is 0 Å². The normalized spacial score (nSPS) is 16.5. The van der Waals surface area contributed by atoms with E-state index in [4.69, 9.17) is 15.9 Å². The van der Waals surface area contributed by atoms with Gasteiger partial charge in [-0.1, -0.05) is 5.92 Å². The maximum atomic E-state index is 13.4. The van der Waals surface area contributed by atoms with Gasteiger partial charge in [-0.3, -0.25) is 9.69 Å². The van der Waals surface area contributed by atoms with Gasteiger partial charge in [0.1, 0.15) is 24.8 Å². The highest BCUT2D eigenvalue weighted by Crippen LogP contribution is 2.34. The molecule has 3 rings (SSSR count). The van der Waals surface area contributed by atoms with Crippen molar-refractivity contribution in [3.05, 3.63) is 52.0 Å². The maximum absolute atomic E-state index is 13.4. The molecule has 0 saturated heterocycles. The highest BCUT2D eigenvalue weighted by atomic mass is 32.1. The fraction of sp³-hybridized carbons (Fsp3) is 0.480. The van der Waals surface area contributed by atoms with Gasteiger partial charge in [-0.05, 0) is 61.5 Å². The zero-order valence-electron chi connectivity index (χ0n) is 19.1. The van der Waals surface area contributed by atoms with Gasteiger partial charge in [0, 0.05) is 24.0 Å². The molecular formula is C25H31FN2O4S. The molecule has 0 radical (unpaired) electrons. The Morgan fingerprint density at radius 3 is 2.82 bits per heavy atom. The summed E-state index contributed by atoms with van der Waals surface area (Å²) in [4.78, 5) is 18.4. The van der Waals surface area contributed by atoms with E-state index in [1.165, 1.54) is 17.0 Å². The first-order chi connectivity index (χ1) is 15.9. The van der Waals surface area contributed by atoms with Gasteiger partial charge >= 0.3 is 0 Å². The van der Waals surface area contributed by atoms with Crippen LogP contribution in [0.5, 0.6) is 5.75 Å². The Labute approximate surface area is 198 Å². The molecule has 2 heterocycles. The summed E-state index contributed by atoms with van der Waals surface area (Å²) in [5.74, 6) is 2.59. The molecule has 1 N–H and O–H groups in total. The van der Waals surface area contributed by atoms with Gasteiger partial charge < -0.3 is 19.5 Å². The predicted molar refractivity (Wildman–Crippen MR) is 127 cm³/mol. The summed E-state index contributed by atoms with van der Waals surface area (Å²) >= 11 is 1.69. The van der Waals surface area contributed by atoms with E-state index in [2.05, 4.69) is 5.92 Å². The zero-order chi connectivity index (χ0) is 23.8. The van der Waals surface area contributed by atoms with Crippen molar-refractivity contribution in [1.82, 2.24) is 9.80 Å². The van der Waals surface area contributed by atoms with Gasteiger partial charge in [0.25, 0.3) is 0 Å². The lowest BCUT2D eigenvalue weighted by Crippen LogP contribution is -2.49. The standard InChI is InChI=1S/C25H31FN2O4S/c1-4-12-31-16-20(29)14-27(18(2)3)15-25(30)28-11-9-24-22(10-13-33-24)23(28)17-32-21-7-5-19(26)6-8-21/h1,5-8,10,13,18,20,23,29H,9,11-12,14-17H2,2-3H3/t20-,23-/m0/s1. The van der Waals surface area contributed by atoms with E-state index in [0.717, 1.165) is 12.0 Å². The summed E-state index contributed by atoms with van der Waals surface area (Å²) in [6.07, 6.45) is 5.24. The molecule has 0 unspecified atom stereocenters. The minimum atomic E-state index is -0.740. The van der Waals surface area contributed by atoms with E-state index < -0.39 is 6.10 Å². The second kappa shape index (κ2) is 12.1. The first-order valence-electron chi connectivity index (χ1n) is 11.1. The lowest BCUT2D eigenvalue weighted by Gasteiger charge is -2.38. The second-order valence-corrected chi connectivity index (χ2v) is 9.31. The fourth-order valence-corrected chi connectivity index (χ4v) is 4.81. The van der Waals surface area contributed by atoms with Crippen molar-refractivity contribution in [2.24, 2.45) is 0 Å². The molecule has 0 saturated carbocycles. The minimum absolute atomic E-state index is 0.0231. The number of halogens is 1. The number of nitrogens with zero attached hydrogens (tertiary/aromatic N) is 2. The van der Waals surface area contributed by atoms with Gasteiger partial charge in [0.2, 0.25) is 5.91 Å². The van der Waals surface area contributed by atoms with E-state index in [1.807, 2.05) is 35.1 Å². The SMILES string of the molecule is C#CCOC[C@@H](O)CN(CC(=O)N1CCc2sccc2[C@@H]1COc1ccc(F)cc1)C(C)C. The smallest absolute Gasteiger partial charge is 0.237 e. The highest BCUT2D eigenvalue weighted by molar-refractivity contribution is 7.10. The van der Waals surface area contributed by atoms with Crippen LogP contribution in [0, 0.1) is 18.2 Å². The molecule has 1 aromatic carbocycles. The van der Waals surface area contributed by atoms with Gasteiger partial charge in [-0.15, -0.1) is 17.8 Å². The molecule has 6 nitrogen and oxygen atoms in total. The van der Waals surface area contributed by atoms with Crippen LogP contribution in [-0.4, -0.2) is 72.4 Å². The molecule has 8 heteroatoms. The molecule has 1 aromatic heterocycles. The van der Waals surface area contributed by atoms with Crippen LogP contribution in [0.2, 0.25) is 0 Å². The van der Waals surface area contributed by atoms with Crippen molar-refractivity contribution in [2.45, 2.75) is 38.5 Å². The molecule has 0 fully saturated rings. The number of benzene rings is 1. The summed E-state index contributed by atoms with van der Waals surface area (Å²) in [7, 11) is 0. The van der Waals surface area contributed by atoms with Crippen LogP contribution in [0.1, 0.15) is 30.3 Å². The average Bonchev–Trinajstić information content (AvgIpc) is 3.27. The number of rotatable bonds is 11. The lowest BCUT2D eigenvalue weighted by atomic mass is 10.00. The average molecular weight is 475 g/mol. The van der Waals surface area contributed by atoms with Crippen molar-refractivity contribution in [3.8, 4) is 18.1 Å². The van der Waals surface area contributed by atoms with E-state index in [1.54, 1.807) is 23.5 Å². The number of terminal acetylenes is 1. The number of thiophene rings is 1. The van der Waals surface area contributed by atoms with Crippen molar-refractivity contribution < 1.29 is 23.8 Å². The Bertz CT molecular complexity index is 941. The number of hydrogen-bond donors (Lipinski definition) is 1. The van der Waals surface area contributed by atoms with E-state index in [0.29, 0.717) is 18.8 Å². The summed E-state index contributed by atoms with van der Waals surface area (Å²) < 4.78 is 24.4. The zero-order valence-corrected chi connectivity index (χ0v) is 19.9. The van der Waals surface area contributed by atoms with Crippen LogP contribution >= 0.6 is 11.3 Å². The Morgan fingerprint density at radius 2 is 2.12 bits per heavy atom. The Morgan fingerprint density at radius 1 is 1.36 bits per heavy atom. The van der Waals surface area contributed by atoms with E-state index in [-0.39, 0.29) is 50.2 Å². The molecule has 1 amide bonds. The van der Waals surface area contributed by atoms with Gasteiger partial charge in [0.05, 0.1) is 25.3 Å². The Balaban J connectivity index is 1.68. The van der Waals surface area contributed by atoms with Crippen LogP contribution in [-0.2, 0) is 16.0 Å². The van der Waals surface area contributed by atoms with Crippen LogP contribution < -0.4 is 4.74 Å². The van der Waals surface area contributed by atoms with Crippen LogP contribution in [0.4, 0.5) is 4.39 Å². The second-order valence-electron chi connectivity index (χ2n) is 8.31. The topological polar surface area (TPSA) is 62.2 Å². The summed E-state index contributed by atoms with van der Waals surface area (Å²) in [5, 5.41) is 12.3. The molecule has 178 valence electrons. The first kappa shape index (κ1) is 25.2. The molecule has 0 spiro atoms. The van der Waals surface area contributed by atoms with Crippen molar-refractivity contribution >= 4 is 17.2 Å². The van der Waals surface area contributed by atoms with Crippen LogP contribution in [0.15, 0.2) is 35.7 Å². The third kappa shape index (κ3) is 7.02. The number of ether oxygens (including phenoxy) is 2. The first-order valence-corrected chi connectivity index (χ1v) is 11.9. The van der Waals surface area contributed by atoms with Gasteiger partial charge in [0.15, 0.2) is 0 Å². The molecule has 2 aromatic rings. The van der Waals surface area contributed by atoms with Crippen LogP contribution in [0.3, 0.4) is 0 Å². The minimum Gasteiger partial charge on any atom is -0.491 e. The number of aliphatic hydroxyl groups excluding tert-OH is 1. The number of fused-ring (bicyclic) bond motifs is 1. The van der Waals surface area contributed by atoms with Crippen molar-refractivity contribution in [1.29, 1.82) is 0 Å². The Kier molecular flexibility index (Phi) is 9.27. The quantitative estimate of drug-likeness (QED) is 0.401. The molecule has 1 aliphatic rings. The number of carbonyl (C=O) groups is 1. The molecular weight excluding hydrogens is 443 g/mol. The third-order valence-electron chi connectivity index (χ3n) is 5.65. The monoisotopic (exact) mass is 474 g/mol. The fourth-order valence-electron chi connectivity index (χ4n) is 3.88. The van der Waals surface area contributed by atoms with E-state index >= 15 is 0 Å². The molecule has 2 atom stereocenters. The van der Waals surface area contributed by atoms with Crippen molar-refractivity contribution in [2.75, 3.05) is 39.5 Å². The maximum Gasteiger partial charge on any atom is 0.237 e. The lowest BCUT2D eigenvalue weighted by molar-refractivity contribution is -0.137. The molecule has 33 heavy (non-hydrogen) atoms. The number of carbonyl (C=O) groups excluding carboxylic acids is 1. The summed E-state index contributed by atoms with van der Waals surface area (Å²) in [6, 6.07) is 7.77. The predicted octanol–water partition coefficient (Wildman–Crippen LogP) is 3.11. The molecule has 0 aliphatic carbocycles. The van der Waals surface area contributed by atoms with Crippen molar-refractivity contribution in [3.63, 3.8) is 0 Å². The van der Waals surface area contributed by atoms with Gasteiger partial charge in [-0.25, -0.2) is 4.39 Å². The molecule has 0 bridgehead atoms. The Hall–Kier alpha value is -2.44. The van der Waals surface area contributed by atoms with E-state index in [9.17, 15) is 14.3 Å². The van der Waals surface area contributed by atoms with Crippen LogP contribution in [0.25, 0.3) is 0 Å². The molecule has 1 aliphatic heterocycles.